The molecule has 34 heavy (non-hydrogen) atoms. The number of nitrogens with zero attached hydrogens (tertiary/aromatic N) is 1. The monoisotopic (exact) mass is 584 g/mol. The number of aliphatic hydroxyl groups is 1. The summed E-state index contributed by atoms with van der Waals surface area (Å²) in [6.45, 7) is 6.34. The molecule has 1 aliphatic carbocycles. The molecule has 0 spiro atoms. The first kappa shape index (κ1) is 27.3. The fourth-order valence-electron chi connectivity index (χ4n) is 2.55. The molecule has 0 bridgehead atoms. The zero-order chi connectivity index (χ0) is 24.8. The second-order valence-electron chi connectivity index (χ2n) is 7.00. The predicted molar refractivity (Wildman–Crippen MR) is 120 cm³/mol. The van der Waals surface area contributed by atoms with Gasteiger partial charge in [0.05, 0.1) is 0 Å². The van der Waals surface area contributed by atoms with Crippen LogP contribution >= 0.6 is 0 Å². The molecule has 0 amide bonds. The van der Waals surface area contributed by atoms with E-state index in [-0.39, 0.29) is 47.6 Å². The second kappa shape index (κ2) is 15.0. The molecule has 0 saturated carbocycles. The molecule has 2 unspecified atom stereocenters. The van der Waals surface area contributed by atoms with Gasteiger partial charge in [0.25, 0.3) is 0 Å². The van der Waals surface area contributed by atoms with Crippen LogP contribution in [0.3, 0.4) is 0 Å². The van der Waals surface area contributed by atoms with Gasteiger partial charge in [0, 0.05) is 0 Å². The third kappa shape index (κ3) is 10.3. The Bertz CT molecular complexity index is 925. The summed E-state index contributed by atoms with van der Waals surface area (Å²) in [7, 11) is 0. The van der Waals surface area contributed by atoms with E-state index in [4.69, 9.17) is 18.9 Å². The molecule has 2 rings (SSSR count). The Balaban J connectivity index is 1.76. The maximum atomic E-state index is 11.1. The van der Waals surface area contributed by atoms with Crippen molar-refractivity contribution in [3.8, 4) is 5.75 Å². The first-order chi connectivity index (χ1) is 16.4. The number of aliphatic hydroxyl groups excluding tert-OH is 1. The van der Waals surface area contributed by atoms with Crippen LogP contribution in [0.5, 0.6) is 5.75 Å². The van der Waals surface area contributed by atoms with E-state index in [0.717, 1.165) is 30.8 Å². The van der Waals surface area contributed by atoms with Gasteiger partial charge in [-0.3, -0.25) is 0 Å². The summed E-state index contributed by atoms with van der Waals surface area (Å²) in [4.78, 5) is 32.9. The molecule has 2 atom stereocenters. The molecule has 1 aliphatic rings. The topological polar surface area (TPSA) is 121 Å². The summed E-state index contributed by atoms with van der Waals surface area (Å²) in [6, 6.07) is 6.85. The minimum absolute atomic E-state index is 0.00638. The van der Waals surface area contributed by atoms with E-state index < -0.39 is 24.1 Å². The van der Waals surface area contributed by atoms with Crippen molar-refractivity contribution >= 4 is 11.9 Å². The van der Waals surface area contributed by atoms with Gasteiger partial charge in [0.2, 0.25) is 0 Å². The number of esters is 2. The Morgan fingerprint density at radius 2 is 1.65 bits per heavy atom. The third-order valence-corrected chi connectivity index (χ3v) is 7.26. The normalized spacial score (nSPS) is 14.6. The number of carbonyl (C=O) groups is 2. The second-order valence-corrected chi connectivity index (χ2v) is 10.2. The Kier molecular flexibility index (Phi) is 12.0. The SMILES string of the molecule is C=CC(=O)OCC(O)COC1=CC=C([I-]c2ccc(OCC(COC(=O)C=C)N=O)cc2)CC1. The molecular formula is C24H27INO8-. The van der Waals surface area contributed by atoms with Gasteiger partial charge >= 0.3 is 209 Å². The summed E-state index contributed by atoms with van der Waals surface area (Å²) >= 11 is -0.352. The van der Waals surface area contributed by atoms with E-state index in [1.165, 1.54) is 7.15 Å². The van der Waals surface area contributed by atoms with Gasteiger partial charge in [-0.25, -0.2) is 0 Å². The number of allylic oxidation sites excluding steroid dienone is 4. The Morgan fingerprint density at radius 1 is 0.971 bits per heavy atom. The van der Waals surface area contributed by atoms with Crippen molar-refractivity contribution in [2.45, 2.75) is 25.0 Å². The van der Waals surface area contributed by atoms with Crippen LogP contribution in [0.1, 0.15) is 12.8 Å². The number of benzene rings is 1. The molecule has 9 nitrogen and oxygen atoms in total. The fourth-order valence-corrected chi connectivity index (χ4v) is 4.97. The Labute approximate surface area is 208 Å². The van der Waals surface area contributed by atoms with Gasteiger partial charge in [0.1, 0.15) is 0 Å². The summed E-state index contributed by atoms with van der Waals surface area (Å²) in [6.07, 6.45) is 6.73. The molecule has 0 aliphatic heterocycles. The standard InChI is InChI=1S/C24H27INO8/c1-3-23(28)33-14-19(26-30)13-31-21-9-5-17(6-10-21)25-18-7-11-22(12-8-18)32-15-20(27)16-34-24(29)4-2/h3-7,9-11,19-20,27H,1-2,8,12-16H2/q-1. The first-order valence-corrected chi connectivity index (χ1v) is 12.6. The van der Waals surface area contributed by atoms with E-state index in [9.17, 15) is 19.6 Å². The number of hydrogen-bond acceptors (Lipinski definition) is 9. The minimum atomic E-state index is -0.900. The number of ether oxygens (including phenoxy) is 4. The van der Waals surface area contributed by atoms with Gasteiger partial charge in [-0.05, 0) is 0 Å². The zero-order valence-corrected chi connectivity index (χ0v) is 20.7. The average Bonchev–Trinajstić information content (AvgIpc) is 2.87. The van der Waals surface area contributed by atoms with Crippen LogP contribution in [0.4, 0.5) is 0 Å². The number of hydrogen-bond donors (Lipinski definition) is 1. The van der Waals surface area contributed by atoms with Crippen LogP contribution in [0.15, 0.2) is 76.2 Å². The summed E-state index contributed by atoms with van der Waals surface area (Å²) in [5.74, 6) is 0.182. The van der Waals surface area contributed by atoms with Crippen molar-refractivity contribution in [1.82, 2.24) is 0 Å². The van der Waals surface area contributed by atoms with Crippen LogP contribution in [0.2, 0.25) is 0 Å². The number of nitroso groups, excluding NO2 is 1. The fraction of sp³-hybridized carbons (Fsp3) is 0.333. The molecule has 0 aromatic heterocycles. The van der Waals surface area contributed by atoms with Crippen molar-refractivity contribution in [1.29, 1.82) is 0 Å². The van der Waals surface area contributed by atoms with Crippen molar-refractivity contribution in [2.24, 2.45) is 5.18 Å². The Morgan fingerprint density at radius 3 is 2.24 bits per heavy atom. The predicted octanol–water partition coefficient (Wildman–Crippen LogP) is -0.143. The van der Waals surface area contributed by atoms with Crippen molar-refractivity contribution in [3.63, 3.8) is 0 Å². The number of halogens is 1. The molecule has 1 aromatic carbocycles. The molecule has 1 aromatic rings. The number of rotatable bonds is 15. The van der Waals surface area contributed by atoms with E-state index in [2.05, 4.69) is 18.3 Å². The molecule has 0 fully saturated rings. The molecular weight excluding hydrogens is 557 g/mol. The average molecular weight is 584 g/mol. The van der Waals surface area contributed by atoms with Crippen LogP contribution in [0, 0.1) is 8.48 Å². The van der Waals surface area contributed by atoms with Crippen molar-refractivity contribution in [3.05, 3.63) is 79.5 Å². The molecule has 0 radical (unpaired) electrons. The molecule has 0 saturated heterocycles. The van der Waals surface area contributed by atoms with Gasteiger partial charge < -0.3 is 0 Å². The molecule has 184 valence electrons. The summed E-state index contributed by atoms with van der Waals surface area (Å²) < 4.78 is 23.3. The van der Waals surface area contributed by atoms with Crippen LogP contribution in [0.25, 0.3) is 0 Å². The quantitative estimate of drug-likeness (QED) is 0.131. The zero-order valence-electron chi connectivity index (χ0n) is 18.6. The van der Waals surface area contributed by atoms with E-state index in [1.54, 1.807) is 0 Å². The van der Waals surface area contributed by atoms with Crippen molar-refractivity contribution in [2.75, 3.05) is 26.4 Å². The molecule has 1 N–H and O–H groups in total. The van der Waals surface area contributed by atoms with Crippen LogP contribution < -0.4 is 25.9 Å². The number of carbonyl (C=O) groups excluding carboxylic acids is 2. The van der Waals surface area contributed by atoms with Crippen molar-refractivity contribution < 1.29 is 54.8 Å². The van der Waals surface area contributed by atoms with Gasteiger partial charge in [-0.1, -0.05) is 0 Å². The van der Waals surface area contributed by atoms with E-state index in [1.807, 2.05) is 36.4 Å². The maximum absolute atomic E-state index is 11.1. The third-order valence-electron chi connectivity index (χ3n) is 4.33. The van der Waals surface area contributed by atoms with Gasteiger partial charge in [-0.15, -0.1) is 0 Å². The van der Waals surface area contributed by atoms with E-state index in [0.29, 0.717) is 5.75 Å². The molecule has 0 heterocycles. The Hall–Kier alpha value is -2.99. The summed E-state index contributed by atoms with van der Waals surface area (Å²) in [5.41, 5.74) is 0. The van der Waals surface area contributed by atoms with Gasteiger partial charge in [-0.2, -0.15) is 0 Å². The first-order valence-electron chi connectivity index (χ1n) is 10.4. The van der Waals surface area contributed by atoms with Gasteiger partial charge in [0.15, 0.2) is 0 Å². The molecule has 10 heteroatoms. The van der Waals surface area contributed by atoms with Crippen LogP contribution in [-0.2, 0) is 23.8 Å². The van der Waals surface area contributed by atoms with Crippen LogP contribution in [-0.4, -0.2) is 55.6 Å². The van der Waals surface area contributed by atoms with E-state index >= 15 is 0 Å². The summed E-state index contributed by atoms with van der Waals surface area (Å²) in [5, 5.41) is 12.7.